The van der Waals surface area contributed by atoms with E-state index in [1.165, 1.54) is 6.07 Å². The zero-order valence-electron chi connectivity index (χ0n) is 9.07. The molecule has 1 aliphatic rings. The van der Waals surface area contributed by atoms with Gasteiger partial charge in [0.15, 0.2) is 5.78 Å². The summed E-state index contributed by atoms with van der Waals surface area (Å²) in [6.45, 7) is 2.47. The lowest BCUT2D eigenvalue weighted by Crippen LogP contribution is -2.34. The second-order valence-corrected chi connectivity index (χ2v) is 4.16. The van der Waals surface area contributed by atoms with Crippen molar-refractivity contribution >= 4 is 5.78 Å². The maximum Gasteiger partial charge on any atom is 0.172 e. The number of ketones is 1. The molecule has 2 unspecified atom stereocenters. The second kappa shape index (κ2) is 4.31. The van der Waals surface area contributed by atoms with Crippen molar-refractivity contribution in [2.24, 2.45) is 11.7 Å². The van der Waals surface area contributed by atoms with Crippen molar-refractivity contribution in [3.05, 3.63) is 35.1 Å². The van der Waals surface area contributed by atoms with Gasteiger partial charge in [-0.3, -0.25) is 4.79 Å². The van der Waals surface area contributed by atoms with Crippen molar-refractivity contribution in [1.82, 2.24) is 0 Å². The number of carbonyl (C=O) groups is 1. The molecule has 1 saturated heterocycles. The third-order valence-corrected chi connectivity index (χ3v) is 2.85. The highest BCUT2D eigenvalue weighted by Gasteiger charge is 2.33. The molecule has 3 nitrogen and oxygen atoms in total. The highest BCUT2D eigenvalue weighted by Crippen LogP contribution is 2.20. The molecule has 2 atom stereocenters. The van der Waals surface area contributed by atoms with Gasteiger partial charge in [0, 0.05) is 6.04 Å². The van der Waals surface area contributed by atoms with E-state index in [-0.39, 0.29) is 24.0 Å². The number of nitrogens with two attached hydrogens (primary N) is 1. The molecule has 2 N–H and O–H groups in total. The Morgan fingerprint density at radius 2 is 2.25 bits per heavy atom. The highest BCUT2D eigenvalue weighted by atomic mass is 19.1. The van der Waals surface area contributed by atoms with Crippen LogP contribution in [0.1, 0.15) is 15.9 Å². The lowest BCUT2D eigenvalue weighted by molar-refractivity contribution is 0.0892. The van der Waals surface area contributed by atoms with Crippen molar-refractivity contribution in [2.75, 3.05) is 13.2 Å². The van der Waals surface area contributed by atoms with Crippen LogP contribution in [0.25, 0.3) is 0 Å². The maximum atomic E-state index is 13.5. The maximum absolute atomic E-state index is 13.5. The van der Waals surface area contributed by atoms with Crippen LogP contribution in [0.3, 0.4) is 0 Å². The van der Waals surface area contributed by atoms with E-state index in [0.29, 0.717) is 6.61 Å². The van der Waals surface area contributed by atoms with Gasteiger partial charge in [-0.15, -0.1) is 0 Å². The summed E-state index contributed by atoms with van der Waals surface area (Å²) < 4.78 is 18.6. The van der Waals surface area contributed by atoms with Crippen LogP contribution < -0.4 is 5.73 Å². The van der Waals surface area contributed by atoms with Crippen LogP contribution in [0.4, 0.5) is 4.39 Å². The van der Waals surface area contributed by atoms with Crippen LogP contribution in [0, 0.1) is 18.7 Å². The average Bonchev–Trinajstić information content (AvgIpc) is 2.67. The van der Waals surface area contributed by atoms with E-state index in [1.807, 2.05) is 6.92 Å². The van der Waals surface area contributed by atoms with E-state index in [0.717, 1.165) is 5.56 Å². The summed E-state index contributed by atoms with van der Waals surface area (Å²) in [5, 5.41) is 0. The van der Waals surface area contributed by atoms with Gasteiger partial charge < -0.3 is 10.5 Å². The molecular weight excluding hydrogens is 209 g/mol. The summed E-state index contributed by atoms with van der Waals surface area (Å²) in [6, 6.07) is 4.18. The minimum absolute atomic E-state index is 0.117. The molecule has 1 aromatic rings. The molecule has 0 aliphatic carbocycles. The quantitative estimate of drug-likeness (QED) is 0.769. The van der Waals surface area contributed by atoms with Gasteiger partial charge in [0.2, 0.25) is 0 Å². The molecule has 2 rings (SSSR count). The standard InChI is InChI=1S/C12H14FNO2/c1-7-2-3-10(13)8(4-7)12(15)9-5-16-6-11(9)14/h2-4,9,11H,5-6,14H2,1H3. The molecular formula is C12H14FNO2. The fraction of sp³-hybridized carbons (Fsp3) is 0.417. The highest BCUT2D eigenvalue weighted by molar-refractivity contribution is 5.99. The van der Waals surface area contributed by atoms with E-state index in [4.69, 9.17) is 10.5 Å². The first kappa shape index (κ1) is 11.2. The summed E-state index contributed by atoms with van der Waals surface area (Å²) in [5.74, 6) is -1.17. The first-order chi connectivity index (χ1) is 7.59. The zero-order valence-corrected chi connectivity index (χ0v) is 9.07. The Hall–Kier alpha value is -1.26. The van der Waals surface area contributed by atoms with E-state index in [2.05, 4.69) is 0 Å². The number of Topliss-reactive ketones (excluding diaryl/α,β-unsaturated/α-hetero) is 1. The van der Waals surface area contributed by atoms with Gasteiger partial charge in [0.25, 0.3) is 0 Å². The largest absolute Gasteiger partial charge is 0.379 e. The predicted octanol–water partition coefficient (Wildman–Crippen LogP) is 1.29. The van der Waals surface area contributed by atoms with E-state index in [1.54, 1.807) is 12.1 Å². The number of carbonyl (C=O) groups excluding carboxylic acids is 1. The fourth-order valence-corrected chi connectivity index (χ4v) is 1.87. The lowest BCUT2D eigenvalue weighted by atomic mass is 9.93. The molecule has 1 heterocycles. The van der Waals surface area contributed by atoms with Crippen LogP contribution in [0.2, 0.25) is 0 Å². The third kappa shape index (κ3) is 1.99. The SMILES string of the molecule is Cc1ccc(F)c(C(=O)C2COCC2N)c1. The first-order valence-electron chi connectivity index (χ1n) is 5.23. The summed E-state index contributed by atoms with van der Waals surface area (Å²) in [6.07, 6.45) is 0. The first-order valence-corrected chi connectivity index (χ1v) is 5.23. The topological polar surface area (TPSA) is 52.3 Å². The van der Waals surface area contributed by atoms with Gasteiger partial charge in [-0.25, -0.2) is 4.39 Å². The Kier molecular flexibility index (Phi) is 3.03. The summed E-state index contributed by atoms with van der Waals surface area (Å²) in [7, 11) is 0. The Labute approximate surface area is 93.4 Å². The molecule has 0 aromatic heterocycles. The zero-order chi connectivity index (χ0) is 11.7. The van der Waals surface area contributed by atoms with Crippen LogP contribution >= 0.6 is 0 Å². The smallest absolute Gasteiger partial charge is 0.172 e. The number of hydrogen-bond donors (Lipinski definition) is 1. The van der Waals surface area contributed by atoms with E-state index >= 15 is 0 Å². The van der Waals surface area contributed by atoms with Crippen molar-refractivity contribution in [1.29, 1.82) is 0 Å². The van der Waals surface area contributed by atoms with Crippen molar-refractivity contribution in [3.8, 4) is 0 Å². The molecule has 0 radical (unpaired) electrons. The van der Waals surface area contributed by atoms with Crippen LogP contribution in [-0.4, -0.2) is 25.0 Å². The number of benzene rings is 1. The molecule has 0 saturated carbocycles. The number of ether oxygens (including phenoxy) is 1. The van der Waals surface area contributed by atoms with Gasteiger partial charge in [0.1, 0.15) is 5.82 Å². The van der Waals surface area contributed by atoms with Gasteiger partial charge in [-0.05, 0) is 19.1 Å². The van der Waals surface area contributed by atoms with Gasteiger partial charge in [0.05, 0.1) is 24.7 Å². The summed E-state index contributed by atoms with van der Waals surface area (Å²) >= 11 is 0. The van der Waals surface area contributed by atoms with Crippen LogP contribution in [0.5, 0.6) is 0 Å². The molecule has 0 spiro atoms. The molecule has 4 heteroatoms. The van der Waals surface area contributed by atoms with Crippen molar-refractivity contribution in [2.45, 2.75) is 13.0 Å². The second-order valence-electron chi connectivity index (χ2n) is 4.16. The molecule has 1 aliphatic heterocycles. The van der Waals surface area contributed by atoms with Crippen LogP contribution in [0.15, 0.2) is 18.2 Å². The normalized spacial score (nSPS) is 24.7. The fourth-order valence-electron chi connectivity index (χ4n) is 1.87. The third-order valence-electron chi connectivity index (χ3n) is 2.85. The molecule has 1 aromatic carbocycles. The van der Waals surface area contributed by atoms with E-state index < -0.39 is 11.7 Å². The van der Waals surface area contributed by atoms with Crippen LogP contribution in [-0.2, 0) is 4.74 Å². The van der Waals surface area contributed by atoms with Gasteiger partial charge in [-0.2, -0.15) is 0 Å². The summed E-state index contributed by atoms with van der Waals surface area (Å²) in [4.78, 5) is 12.0. The molecule has 16 heavy (non-hydrogen) atoms. The number of hydrogen-bond acceptors (Lipinski definition) is 3. The lowest BCUT2D eigenvalue weighted by Gasteiger charge is -2.12. The molecule has 1 fully saturated rings. The Morgan fingerprint density at radius 1 is 1.50 bits per heavy atom. The number of rotatable bonds is 2. The Morgan fingerprint density at radius 3 is 2.88 bits per heavy atom. The monoisotopic (exact) mass is 223 g/mol. The number of aryl methyl sites for hydroxylation is 1. The molecule has 0 amide bonds. The average molecular weight is 223 g/mol. The number of halogens is 1. The molecule has 86 valence electrons. The van der Waals surface area contributed by atoms with E-state index in [9.17, 15) is 9.18 Å². The summed E-state index contributed by atoms with van der Waals surface area (Å²) in [5.41, 5.74) is 6.71. The minimum atomic E-state index is -0.491. The van der Waals surface area contributed by atoms with Gasteiger partial charge >= 0.3 is 0 Å². The molecule has 0 bridgehead atoms. The van der Waals surface area contributed by atoms with Crippen molar-refractivity contribution in [3.63, 3.8) is 0 Å². The van der Waals surface area contributed by atoms with Crippen molar-refractivity contribution < 1.29 is 13.9 Å². The predicted molar refractivity (Wildman–Crippen MR) is 57.8 cm³/mol. The Bertz CT molecular complexity index is 419. The van der Waals surface area contributed by atoms with Gasteiger partial charge in [-0.1, -0.05) is 11.6 Å². The Balaban J connectivity index is 2.29. The minimum Gasteiger partial charge on any atom is -0.379 e.